The second-order valence-electron chi connectivity index (χ2n) is 8.00. The lowest BCUT2D eigenvalue weighted by atomic mass is 9.64. The number of hydrogen-bond acceptors (Lipinski definition) is 1. The third-order valence-electron chi connectivity index (χ3n) is 6.26. The van der Waals surface area contributed by atoms with Crippen LogP contribution in [0, 0.1) is 0 Å². The fourth-order valence-corrected chi connectivity index (χ4v) is 4.95. The van der Waals surface area contributed by atoms with Crippen molar-refractivity contribution in [3.63, 3.8) is 0 Å². The standard InChI is InChI=1S/C28H25N/c1-29-26-18-10-8-16-24(26)28(20-22-12-4-2-5-13-22,21-23-14-6-3-7-15-23)25-17-9-11-19-27(25)29/h2-19H,20-21H2,1H3. The van der Waals surface area contributed by atoms with Crippen LogP contribution in [0.5, 0.6) is 0 Å². The number of nitrogens with zero attached hydrogens (tertiary/aromatic N) is 1. The van der Waals surface area contributed by atoms with Gasteiger partial charge >= 0.3 is 0 Å². The molecule has 0 unspecified atom stereocenters. The van der Waals surface area contributed by atoms with E-state index in [-0.39, 0.29) is 5.41 Å². The molecular formula is C28H25N. The third kappa shape index (κ3) is 3.03. The predicted octanol–water partition coefficient (Wildman–Crippen LogP) is 6.54. The molecule has 0 fully saturated rings. The van der Waals surface area contributed by atoms with Gasteiger partial charge in [-0.3, -0.25) is 0 Å². The summed E-state index contributed by atoms with van der Waals surface area (Å²) in [4.78, 5) is 2.35. The number of fused-ring (bicyclic) bond motifs is 2. The van der Waals surface area contributed by atoms with Crippen LogP contribution in [0.1, 0.15) is 22.3 Å². The highest BCUT2D eigenvalue weighted by molar-refractivity contribution is 5.78. The lowest BCUT2D eigenvalue weighted by molar-refractivity contribution is 0.501. The van der Waals surface area contributed by atoms with Gasteiger partial charge in [-0.15, -0.1) is 0 Å². The SMILES string of the molecule is CN1c2ccccc2C(Cc2ccccc2)(Cc2ccccc2)c2ccccc21. The minimum atomic E-state index is -0.109. The molecule has 0 saturated heterocycles. The summed E-state index contributed by atoms with van der Waals surface area (Å²) in [5.74, 6) is 0. The quantitative estimate of drug-likeness (QED) is 0.391. The third-order valence-corrected chi connectivity index (χ3v) is 6.26. The van der Waals surface area contributed by atoms with E-state index >= 15 is 0 Å². The molecule has 1 aliphatic heterocycles. The number of para-hydroxylation sites is 2. The normalized spacial score (nSPS) is 14.2. The van der Waals surface area contributed by atoms with E-state index < -0.39 is 0 Å². The Labute approximate surface area is 173 Å². The minimum Gasteiger partial charge on any atom is -0.344 e. The summed E-state index contributed by atoms with van der Waals surface area (Å²) in [6, 6.07) is 39.7. The Kier molecular flexibility index (Phi) is 4.44. The molecule has 0 saturated carbocycles. The molecule has 0 bridgehead atoms. The smallest absolute Gasteiger partial charge is 0.0450 e. The lowest BCUT2D eigenvalue weighted by Crippen LogP contribution is -2.39. The van der Waals surface area contributed by atoms with Gasteiger partial charge in [-0.05, 0) is 47.2 Å². The van der Waals surface area contributed by atoms with Gasteiger partial charge in [0.05, 0.1) is 0 Å². The van der Waals surface area contributed by atoms with Crippen molar-refractivity contribution in [1.82, 2.24) is 0 Å². The Bertz CT molecular complexity index is 1020. The van der Waals surface area contributed by atoms with Crippen molar-refractivity contribution in [3.05, 3.63) is 131 Å². The fraction of sp³-hybridized carbons (Fsp3) is 0.143. The monoisotopic (exact) mass is 375 g/mol. The molecule has 1 heteroatoms. The average Bonchev–Trinajstić information content (AvgIpc) is 2.79. The second kappa shape index (κ2) is 7.25. The van der Waals surface area contributed by atoms with Crippen molar-refractivity contribution in [1.29, 1.82) is 0 Å². The van der Waals surface area contributed by atoms with E-state index in [1.54, 1.807) is 0 Å². The molecule has 4 aromatic carbocycles. The first kappa shape index (κ1) is 17.8. The number of benzene rings is 4. The molecule has 0 atom stereocenters. The molecule has 1 nitrogen and oxygen atoms in total. The van der Waals surface area contributed by atoms with E-state index in [1.165, 1.54) is 33.6 Å². The molecule has 0 amide bonds. The molecule has 5 rings (SSSR count). The maximum atomic E-state index is 2.35. The average molecular weight is 376 g/mol. The van der Waals surface area contributed by atoms with Crippen LogP contribution in [0.25, 0.3) is 0 Å². The Balaban J connectivity index is 1.78. The molecule has 0 aliphatic carbocycles. The molecule has 4 aromatic rings. The first-order valence-corrected chi connectivity index (χ1v) is 10.3. The van der Waals surface area contributed by atoms with Gasteiger partial charge in [0, 0.05) is 23.8 Å². The first-order valence-electron chi connectivity index (χ1n) is 10.3. The molecule has 1 heterocycles. The minimum absolute atomic E-state index is 0.109. The molecule has 0 spiro atoms. The van der Waals surface area contributed by atoms with Crippen molar-refractivity contribution >= 4 is 11.4 Å². The van der Waals surface area contributed by atoms with E-state index in [2.05, 4.69) is 121 Å². The summed E-state index contributed by atoms with van der Waals surface area (Å²) in [7, 11) is 2.19. The van der Waals surface area contributed by atoms with Gasteiger partial charge in [0.25, 0.3) is 0 Å². The van der Waals surface area contributed by atoms with Crippen LogP contribution < -0.4 is 4.90 Å². The molecule has 0 aromatic heterocycles. The molecule has 142 valence electrons. The maximum Gasteiger partial charge on any atom is 0.0450 e. The fourth-order valence-electron chi connectivity index (χ4n) is 4.95. The summed E-state index contributed by atoms with van der Waals surface area (Å²) < 4.78 is 0. The Morgan fingerprint density at radius 3 is 1.34 bits per heavy atom. The Morgan fingerprint density at radius 1 is 0.517 bits per heavy atom. The van der Waals surface area contributed by atoms with E-state index in [1.807, 2.05) is 0 Å². The molecule has 29 heavy (non-hydrogen) atoms. The van der Waals surface area contributed by atoms with Gasteiger partial charge in [-0.25, -0.2) is 0 Å². The van der Waals surface area contributed by atoms with Crippen molar-refractivity contribution in [2.24, 2.45) is 0 Å². The van der Waals surface area contributed by atoms with Gasteiger partial charge in [-0.2, -0.15) is 0 Å². The maximum absolute atomic E-state index is 2.35. The Morgan fingerprint density at radius 2 is 0.897 bits per heavy atom. The highest BCUT2D eigenvalue weighted by Crippen LogP contribution is 2.51. The van der Waals surface area contributed by atoms with Crippen LogP contribution in [0.4, 0.5) is 11.4 Å². The van der Waals surface area contributed by atoms with Gasteiger partial charge in [-0.1, -0.05) is 97.1 Å². The highest BCUT2D eigenvalue weighted by atomic mass is 15.1. The second-order valence-corrected chi connectivity index (χ2v) is 8.00. The predicted molar refractivity (Wildman–Crippen MR) is 122 cm³/mol. The summed E-state index contributed by atoms with van der Waals surface area (Å²) in [6.45, 7) is 0. The van der Waals surface area contributed by atoms with Crippen molar-refractivity contribution < 1.29 is 0 Å². The van der Waals surface area contributed by atoms with Crippen molar-refractivity contribution in [3.8, 4) is 0 Å². The lowest BCUT2D eigenvalue weighted by Gasteiger charge is -2.45. The number of rotatable bonds is 4. The van der Waals surface area contributed by atoms with E-state index in [0.29, 0.717) is 0 Å². The Hall–Kier alpha value is -3.32. The van der Waals surface area contributed by atoms with Crippen LogP contribution in [-0.2, 0) is 18.3 Å². The molecular weight excluding hydrogens is 350 g/mol. The first-order chi connectivity index (χ1) is 14.3. The van der Waals surface area contributed by atoms with E-state index in [0.717, 1.165) is 12.8 Å². The van der Waals surface area contributed by atoms with E-state index in [4.69, 9.17) is 0 Å². The summed E-state index contributed by atoms with van der Waals surface area (Å²) in [6.07, 6.45) is 1.95. The van der Waals surface area contributed by atoms with Gasteiger partial charge in [0.2, 0.25) is 0 Å². The van der Waals surface area contributed by atoms with Crippen LogP contribution >= 0.6 is 0 Å². The zero-order chi connectivity index (χ0) is 19.7. The van der Waals surface area contributed by atoms with Crippen molar-refractivity contribution in [2.75, 3.05) is 11.9 Å². The zero-order valence-electron chi connectivity index (χ0n) is 16.8. The molecule has 0 N–H and O–H groups in total. The molecule has 1 aliphatic rings. The molecule has 0 radical (unpaired) electrons. The van der Waals surface area contributed by atoms with Crippen LogP contribution in [0.15, 0.2) is 109 Å². The summed E-state index contributed by atoms with van der Waals surface area (Å²) in [5, 5.41) is 0. The van der Waals surface area contributed by atoms with Crippen LogP contribution in [0.3, 0.4) is 0 Å². The summed E-state index contributed by atoms with van der Waals surface area (Å²) >= 11 is 0. The largest absolute Gasteiger partial charge is 0.344 e. The number of anilines is 2. The van der Waals surface area contributed by atoms with Gasteiger partial charge < -0.3 is 4.90 Å². The van der Waals surface area contributed by atoms with Crippen LogP contribution in [-0.4, -0.2) is 7.05 Å². The van der Waals surface area contributed by atoms with Crippen LogP contribution in [0.2, 0.25) is 0 Å². The topological polar surface area (TPSA) is 3.24 Å². The van der Waals surface area contributed by atoms with Gasteiger partial charge in [0.15, 0.2) is 0 Å². The van der Waals surface area contributed by atoms with Crippen molar-refractivity contribution in [2.45, 2.75) is 18.3 Å². The van der Waals surface area contributed by atoms with E-state index in [9.17, 15) is 0 Å². The van der Waals surface area contributed by atoms with Gasteiger partial charge in [0.1, 0.15) is 0 Å². The highest BCUT2D eigenvalue weighted by Gasteiger charge is 2.42. The zero-order valence-corrected chi connectivity index (χ0v) is 16.8. The number of hydrogen-bond donors (Lipinski definition) is 0. The summed E-state index contributed by atoms with van der Waals surface area (Å²) in [5.41, 5.74) is 8.07.